The van der Waals surface area contributed by atoms with Crippen LogP contribution in [0.3, 0.4) is 0 Å². The van der Waals surface area contributed by atoms with Crippen LogP contribution in [0.5, 0.6) is 0 Å². The molecule has 0 aliphatic carbocycles. The fourth-order valence-electron chi connectivity index (χ4n) is 4.63. The van der Waals surface area contributed by atoms with Gasteiger partial charge in [-0.3, -0.25) is 9.36 Å². The van der Waals surface area contributed by atoms with E-state index in [-0.39, 0.29) is 5.56 Å². The number of benzene rings is 3. The molecular weight excluding hydrogens is 476 g/mol. The Morgan fingerprint density at radius 1 is 0.973 bits per heavy atom. The van der Waals surface area contributed by atoms with Gasteiger partial charge >= 0.3 is 0 Å². The number of unbranched alkanes of at least 4 members (excludes halogenated alkanes) is 1. The normalized spacial score (nSPS) is 11.1. The van der Waals surface area contributed by atoms with E-state index in [9.17, 15) is 10.1 Å². The second-order valence-electron chi connectivity index (χ2n) is 9.19. The van der Waals surface area contributed by atoms with Gasteiger partial charge in [-0.15, -0.1) is 11.3 Å². The first-order valence-corrected chi connectivity index (χ1v) is 13.4. The molecule has 5 nitrogen and oxygen atoms in total. The van der Waals surface area contributed by atoms with Gasteiger partial charge in [0.2, 0.25) is 0 Å². The first kappa shape index (κ1) is 24.6. The summed E-state index contributed by atoms with van der Waals surface area (Å²) in [4.78, 5) is 23.5. The van der Waals surface area contributed by atoms with Crippen LogP contribution < -0.4 is 5.56 Å². The van der Waals surface area contributed by atoms with Gasteiger partial charge in [0.15, 0.2) is 0 Å². The van der Waals surface area contributed by atoms with Crippen LogP contribution in [-0.2, 0) is 19.4 Å². The van der Waals surface area contributed by atoms with Crippen LogP contribution in [0.15, 0.2) is 77.6 Å². The van der Waals surface area contributed by atoms with Gasteiger partial charge < -0.3 is 0 Å². The Morgan fingerprint density at radius 3 is 2.49 bits per heavy atom. The summed E-state index contributed by atoms with van der Waals surface area (Å²) < 4.78 is 2.88. The average Bonchev–Trinajstić information content (AvgIpc) is 3.34. The van der Waals surface area contributed by atoms with Crippen molar-refractivity contribution >= 4 is 21.6 Å². The summed E-state index contributed by atoms with van der Waals surface area (Å²) in [6.45, 7) is 4.48. The van der Waals surface area contributed by atoms with E-state index in [1.54, 1.807) is 15.9 Å². The SMILES string of the molecule is CCCCc1nc(C)n(Cc2nc3ccccc3s2)c(=O)c1Cc1ccc(-c2ccccc2C#N)cc1. The van der Waals surface area contributed by atoms with Gasteiger partial charge in [0, 0.05) is 12.0 Å². The molecule has 0 N–H and O–H groups in total. The maximum Gasteiger partial charge on any atom is 0.257 e. The van der Waals surface area contributed by atoms with Crippen molar-refractivity contribution in [3.63, 3.8) is 0 Å². The molecule has 0 spiro atoms. The van der Waals surface area contributed by atoms with Crippen molar-refractivity contribution in [2.45, 2.75) is 46.1 Å². The second kappa shape index (κ2) is 10.9. The highest BCUT2D eigenvalue weighted by atomic mass is 32.1. The number of nitrogens with zero attached hydrogens (tertiary/aromatic N) is 4. The molecule has 0 saturated heterocycles. The summed E-state index contributed by atoms with van der Waals surface area (Å²) in [5, 5.41) is 10.4. The number of thiazole rings is 1. The third kappa shape index (κ3) is 5.23. The number of nitriles is 1. The Kier molecular flexibility index (Phi) is 7.25. The first-order chi connectivity index (χ1) is 18.1. The third-order valence-electron chi connectivity index (χ3n) is 6.63. The largest absolute Gasteiger partial charge is 0.290 e. The minimum atomic E-state index is 0.0109. The van der Waals surface area contributed by atoms with Gasteiger partial charge in [0.1, 0.15) is 10.8 Å². The summed E-state index contributed by atoms with van der Waals surface area (Å²) in [7, 11) is 0. The number of hydrogen-bond donors (Lipinski definition) is 0. The molecule has 2 aromatic heterocycles. The van der Waals surface area contributed by atoms with Gasteiger partial charge in [-0.25, -0.2) is 9.97 Å². The Labute approximate surface area is 220 Å². The number of rotatable bonds is 8. The van der Waals surface area contributed by atoms with Gasteiger partial charge in [-0.1, -0.05) is 67.9 Å². The molecule has 0 saturated carbocycles. The second-order valence-corrected chi connectivity index (χ2v) is 10.3. The molecule has 0 aliphatic heterocycles. The molecule has 0 fully saturated rings. The predicted molar refractivity (Wildman–Crippen MR) is 150 cm³/mol. The van der Waals surface area contributed by atoms with E-state index >= 15 is 0 Å². The van der Waals surface area contributed by atoms with Crippen LogP contribution in [0.25, 0.3) is 21.3 Å². The molecule has 0 atom stereocenters. The van der Waals surface area contributed by atoms with E-state index < -0.39 is 0 Å². The molecule has 5 rings (SSSR count). The van der Waals surface area contributed by atoms with Crippen molar-refractivity contribution in [1.82, 2.24) is 14.5 Å². The lowest BCUT2D eigenvalue weighted by Crippen LogP contribution is -2.30. The minimum Gasteiger partial charge on any atom is -0.290 e. The fourth-order valence-corrected chi connectivity index (χ4v) is 5.59. The zero-order valence-corrected chi connectivity index (χ0v) is 21.9. The van der Waals surface area contributed by atoms with Crippen LogP contribution in [-0.4, -0.2) is 14.5 Å². The van der Waals surface area contributed by atoms with Gasteiger partial charge in [0.05, 0.1) is 34.1 Å². The average molecular weight is 505 g/mol. The van der Waals surface area contributed by atoms with Crippen LogP contribution in [0, 0.1) is 18.3 Å². The lowest BCUT2D eigenvalue weighted by molar-refractivity contribution is 0.661. The van der Waals surface area contributed by atoms with Crippen LogP contribution >= 0.6 is 11.3 Å². The standard InChI is InChI=1S/C31H28N4OS/c1-3-4-11-27-26(18-22-14-16-23(17-15-22)25-10-6-5-9-24(25)19-32)31(36)35(21(2)33-27)20-30-34-28-12-7-8-13-29(28)37-30/h5-10,12-17H,3-4,11,18,20H2,1-2H3. The van der Waals surface area contributed by atoms with Gasteiger partial charge in [-0.2, -0.15) is 5.26 Å². The van der Waals surface area contributed by atoms with Gasteiger partial charge in [0.25, 0.3) is 5.56 Å². The highest BCUT2D eigenvalue weighted by molar-refractivity contribution is 7.18. The molecule has 5 aromatic rings. The molecular formula is C31H28N4OS. The van der Waals surface area contributed by atoms with Crippen LogP contribution in [0.2, 0.25) is 0 Å². The van der Waals surface area contributed by atoms with E-state index in [4.69, 9.17) is 9.97 Å². The number of aromatic nitrogens is 3. The summed E-state index contributed by atoms with van der Waals surface area (Å²) >= 11 is 1.62. The van der Waals surface area contributed by atoms with Crippen molar-refractivity contribution in [3.8, 4) is 17.2 Å². The quantitative estimate of drug-likeness (QED) is 0.236. The monoisotopic (exact) mass is 504 g/mol. The lowest BCUT2D eigenvalue weighted by atomic mass is 9.97. The molecule has 2 heterocycles. The van der Waals surface area contributed by atoms with Crippen LogP contribution in [0.4, 0.5) is 0 Å². The first-order valence-electron chi connectivity index (χ1n) is 12.6. The van der Waals surface area contributed by atoms with Crippen molar-refractivity contribution in [1.29, 1.82) is 5.26 Å². The molecule has 0 radical (unpaired) electrons. The zero-order chi connectivity index (χ0) is 25.8. The Morgan fingerprint density at radius 2 is 1.73 bits per heavy atom. The highest BCUT2D eigenvalue weighted by Crippen LogP contribution is 2.25. The van der Waals surface area contributed by atoms with E-state index in [0.717, 1.165) is 68.3 Å². The van der Waals surface area contributed by atoms with E-state index in [1.165, 1.54) is 0 Å². The van der Waals surface area contributed by atoms with Crippen molar-refractivity contribution < 1.29 is 0 Å². The topological polar surface area (TPSA) is 71.6 Å². The van der Waals surface area contributed by atoms with Gasteiger partial charge in [-0.05, 0) is 54.7 Å². The summed E-state index contributed by atoms with van der Waals surface area (Å²) in [5.74, 6) is 0.725. The molecule has 0 unspecified atom stereocenters. The van der Waals surface area contributed by atoms with Crippen molar-refractivity contribution in [3.05, 3.63) is 116 Å². The minimum absolute atomic E-state index is 0.0109. The molecule has 0 amide bonds. The van der Waals surface area contributed by atoms with E-state index in [0.29, 0.717) is 18.5 Å². The summed E-state index contributed by atoms with van der Waals surface area (Å²) in [6, 6.07) is 26.1. The Hall–Kier alpha value is -4.08. The molecule has 6 heteroatoms. The smallest absolute Gasteiger partial charge is 0.257 e. The number of fused-ring (bicyclic) bond motifs is 1. The summed E-state index contributed by atoms with van der Waals surface area (Å²) in [5.41, 5.74) is 6.21. The molecule has 0 bridgehead atoms. The Balaban J connectivity index is 1.49. The zero-order valence-electron chi connectivity index (χ0n) is 21.1. The Bertz CT molecular complexity index is 1630. The number of para-hydroxylation sites is 1. The molecule has 3 aromatic carbocycles. The summed E-state index contributed by atoms with van der Waals surface area (Å²) in [6.07, 6.45) is 3.34. The van der Waals surface area contributed by atoms with E-state index in [1.807, 2.05) is 73.7 Å². The molecule has 184 valence electrons. The maximum absolute atomic E-state index is 13.8. The highest BCUT2D eigenvalue weighted by Gasteiger charge is 2.17. The van der Waals surface area contributed by atoms with Crippen LogP contribution in [0.1, 0.15) is 53.0 Å². The van der Waals surface area contributed by atoms with Crippen molar-refractivity contribution in [2.24, 2.45) is 0 Å². The molecule has 37 heavy (non-hydrogen) atoms. The fraction of sp³-hybridized carbons (Fsp3) is 0.226. The van der Waals surface area contributed by atoms with Crippen molar-refractivity contribution in [2.75, 3.05) is 0 Å². The lowest BCUT2D eigenvalue weighted by Gasteiger charge is -2.15. The predicted octanol–water partition coefficient (Wildman–Crippen LogP) is 6.68. The molecule has 0 aliphatic rings. The maximum atomic E-state index is 13.8. The van der Waals surface area contributed by atoms with E-state index in [2.05, 4.69) is 19.1 Å². The number of hydrogen-bond acceptors (Lipinski definition) is 5. The third-order valence-corrected chi connectivity index (χ3v) is 7.65. The number of aryl methyl sites for hydroxylation is 2.